The molecule has 0 amide bonds. The highest BCUT2D eigenvalue weighted by Crippen LogP contribution is 2.65. The first-order chi connectivity index (χ1) is 38.0. The molecule has 9 aromatic carbocycles. The van der Waals surface area contributed by atoms with Crippen molar-refractivity contribution in [3.05, 3.63) is 276 Å². The van der Waals surface area contributed by atoms with Gasteiger partial charge >= 0.3 is 0 Å². The van der Waals surface area contributed by atoms with Crippen molar-refractivity contribution in [2.45, 2.75) is 49.9 Å². The molecule has 0 atom stereocenters. The number of aromatic nitrogens is 2. The Labute approximate surface area is 450 Å². The number of pyridine rings is 1. The number of ether oxygens (including phenoxy) is 1. The minimum absolute atomic E-state index is 0.0198. The minimum atomic E-state index is -0.480. The molecule has 5 heteroatoms. The van der Waals surface area contributed by atoms with Crippen molar-refractivity contribution >= 4 is 44.6 Å². The highest BCUT2D eigenvalue weighted by atomic mass is 16.5. The molecule has 0 radical (unpaired) electrons. The Hall–Kier alpha value is -8.67. The fourth-order valence-electron chi connectivity index (χ4n) is 16.0. The number of para-hydroxylation sites is 3. The van der Waals surface area contributed by atoms with E-state index in [1.807, 2.05) is 0 Å². The van der Waals surface area contributed by atoms with Gasteiger partial charge in [-0.2, -0.15) is 0 Å². The highest BCUT2D eigenvalue weighted by molar-refractivity contribution is 6.09. The van der Waals surface area contributed by atoms with E-state index in [0.29, 0.717) is 18.5 Å². The zero-order valence-electron chi connectivity index (χ0n) is 43.3. The van der Waals surface area contributed by atoms with Gasteiger partial charge in [0, 0.05) is 45.9 Å². The van der Waals surface area contributed by atoms with Gasteiger partial charge in [-0.25, -0.2) is 4.98 Å². The van der Waals surface area contributed by atoms with E-state index in [0.717, 1.165) is 57.2 Å². The average Bonchev–Trinajstić information content (AvgIpc) is 4.37. The van der Waals surface area contributed by atoms with Crippen molar-refractivity contribution < 1.29 is 4.74 Å². The average molecular weight is 995 g/mol. The van der Waals surface area contributed by atoms with E-state index in [1.54, 1.807) is 0 Å². The summed E-state index contributed by atoms with van der Waals surface area (Å²) in [5, 5.41) is 2.40. The molecule has 4 bridgehead atoms. The smallest absolute Gasteiger partial charge is 0.137 e. The van der Waals surface area contributed by atoms with E-state index in [9.17, 15) is 0 Å². The molecule has 0 unspecified atom stereocenters. The second-order valence-corrected chi connectivity index (χ2v) is 22.8. The Morgan fingerprint density at radius 1 is 0.442 bits per heavy atom. The molecule has 17 rings (SSSR count). The monoisotopic (exact) mass is 994 g/mol. The molecule has 5 nitrogen and oxygen atoms in total. The second kappa shape index (κ2) is 17.2. The van der Waals surface area contributed by atoms with E-state index in [-0.39, 0.29) is 5.41 Å². The van der Waals surface area contributed by atoms with Gasteiger partial charge in [-0.1, -0.05) is 157 Å². The summed E-state index contributed by atoms with van der Waals surface area (Å²) in [6.07, 6.45) is 8.82. The van der Waals surface area contributed by atoms with Gasteiger partial charge in [-0.3, -0.25) is 4.57 Å². The highest BCUT2D eigenvalue weighted by Gasteiger charge is 2.58. The molecule has 0 spiro atoms. The summed E-state index contributed by atoms with van der Waals surface area (Å²) in [6, 6.07) is 85.4. The summed E-state index contributed by atoms with van der Waals surface area (Å²) >= 11 is 0. The Morgan fingerprint density at radius 2 is 1.06 bits per heavy atom. The summed E-state index contributed by atoms with van der Waals surface area (Å²) < 4.78 is 9.34. The Bertz CT molecular complexity index is 4040. The Balaban J connectivity index is 0.753. The van der Waals surface area contributed by atoms with E-state index < -0.39 is 5.41 Å². The molecule has 2 aromatic heterocycles. The quantitative estimate of drug-likeness (QED) is 0.144. The van der Waals surface area contributed by atoms with Crippen LogP contribution in [0.4, 0.5) is 22.7 Å². The largest absolute Gasteiger partial charge is 0.457 e. The predicted octanol–water partition coefficient (Wildman–Crippen LogP) is 17.6. The fourth-order valence-corrected chi connectivity index (χ4v) is 16.0. The van der Waals surface area contributed by atoms with Crippen LogP contribution in [-0.2, 0) is 10.8 Å². The second-order valence-electron chi connectivity index (χ2n) is 22.8. The van der Waals surface area contributed by atoms with Crippen LogP contribution in [0.1, 0.15) is 71.0 Å². The van der Waals surface area contributed by atoms with Crippen LogP contribution in [0.25, 0.3) is 38.8 Å². The summed E-state index contributed by atoms with van der Waals surface area (Å²) in [4.78, 5) is 10.1. The molecule has 5 aliphatic carbocycles. The van der Waals surface area contributed by atoms with Crippen LogP contribution in [0.5, 0.6) is 11.5 Å². The van der Waals surface area contributed by atoms with Crippen molar-refractivity contribution in [1.29, 1.82) is 0 Å². The van der Waals surface area contributed by atoms with Crippen LogP contribution >= 0.6 is 0 Å². The summed E-state index contributed by atoms with van der Waals surface area (Å²) in [5.74, 6) is 5.55. The van der Waals surface area contributed by atoms with Gasteiger partial charge in [0.15, 0.2) is 0 Å². The van der Waals surface area contributed by atoms with Gasteiger partial charge in [-0.15, -0.1) is 0 Å². The van der Waals surface area contributed by atoms with E-state index in [4.69, 9.17) is 9.72 Å². The SMILES string of the molecule is Cc1ccc(C2(c3ccnc(-n4c5ccccc5c5ccc(Oc6cccc(N7CN(c8ccc9c(c8)C(c8ccccc8)(c8ccccc8)c8ccccc8-9)c8ccccc87)c6)cc54)c3)C3CC4CC(C3)CC2C4)cc1. The zero-order chi connectivity index (χ0) is 50.8. The van der Waals surface area contributed by atoms with Gasteiger partial charge in [0.1, 0.15) is 24.0 Å². The number of rotatable bonds is 9. The third kappa shape index (κ3) is 6.62. The van der Waals surface area contributed by atoms with E-state index in [2.05, 4.69) is 258 Å². The lowest BCUT2D eigenvalue weighted by atomic mass is 9.42. The Morgan fingerprint density at radius 3 is 1.81 bits per heavy atom. The normalized spacial score (nSPS) is 21.4. The number of benzene rings is 9. The molecule has 3 heterocycles. The van der Waals surface area contributed by atoms with Gasteiger partial charge < -0.3 is 14.5 Å². The molecule has 372 valence electrons. The van der Waals surface area contributed by atoms with E-state index in [1.165, 1.54) is 98.6 Å². The number of hydrogen-bond donors (Lipinski definition) is 0. The maximum atomic E-state index is 6.95. The number of hydrogen-bond acceptors (Lipinski definition) is 4. The van der Waals surface area contributed by atoms with Gasteiger partial charge in [0.25, 0.3) is 0 Å². The molecule has 11 aromatic rings. The number of anilines is 4. The van der Waals surface area contributed by atoms with E-state index >= 15 is 0 Å². The zero-order valence-corrected chi connectivity index (χ0v) is 43.3. The van der Waals surface area contributed by atoms with Gasteiger partial charge in [-0.05, 0) is 174 Å². The van der Waals surface area contributed by atoms with Gasteiger partial charge in [0.2, 0.25) is 0 Å². The van der Waals surface area contributed by atoms with Crippen LogP contribution in [0, 0.1) is 30.6 Å². The van der Waals surface area contributed by atoms with Crippen LogP contribution in [0.2, 0.25) is 0 Å². The first-order valence-corrected chi connectivity index (χ1v) is 27.9. The third-order valence-corrected chi connectivity index (χ3v) is 18.9. The van der Waals surface area contributed by atoms with Crippen LogP contribution in [-0.4, -0.2) is 16.2 Å². The van der Waals surface area contributed by atoms with Gasteiger partial charge in [0.05, 0.1) is 27.8 Å². The maximum absolute atomic E-state index is 6.95. The number of fused-ring (bicyclic) bond motifs is 7. The lowest BCUT2D eigenvalue weighted by molar-refractivity contribution is -0.0418. The van der Waals surface area contributed by atoms with Crippen LogP contribution < -0.4 is 14.5 Å². The van der Waals surface area contributed by atoms with Crippen molar-refractivity contribution in [1.82, 2.24) is 9.55 Å². The molecule has 77 heavy (non-hydrogen) atoms. The number of aryl methyl sites for hydroxylation is 1. The molecule has 4 saturated carbocycles. The third-order valence-electron chi connectivity index (χ3n) is 18.9. The summed E-state index contributed by atoms with van der Waals surface area (Å²) in [6.45, 7) is 2.86. The molecule has 0 N–H and O–H groups in total. The molecule has 0 saturated heterocycles. The number of nitrogens with zero attached hydrogens (tertiary/aromatic N) is 4. The first-order valence-electron chi connectivity index (χ1n) is 27.9. The molecule has 6 aliphatic rings. The minimum Gasteiger partial charge on any atom is -0.457 e. The summed E-state index contributed by atoms with van der Waals surface area (Å²) in [7, 11) is 0. The van der Waals surface area contributed by atoms with Crippen molar-refractivity contribution in [3.63, 3.8) is 0 Å². The lowest BCUT2D eigenvalue weighted by Gasteiger charge is -2.62. The standard InChI is InChI=1S/C72H58N4O/c1-47-27-29-52(30-28-47)71(54-38-48-37-49(40-54)41-55(71)39-48)53-35-36-73-70(42-53)76-66-24-11-9-22-62(66)63-34-32-59(45-69(63)76)77-58-20-14-19-56(43-58)74-46-75(68-26-13-12-25-67(68)74)57-31-33-61-60-21-8-10-23-64(60)72(65(61)44-57,50-15-4-2-5-16-50)51-17-6-3-7-18-51/h2-36,42-45,48-49,54-55H,37-41,46H2,1H3. The Kier molecular flexibility index (Phi) is 9.95. The van der Waals surface area contributed by atoms with Crippen LogP contribution in [0.15, 0.2) is 237 Å². The molecule has 4 fully saturated rings. The van der Waals surface area contributed by atoms with Crippen LogP contribution in [0.3, 0.4) is 0 Å². The van der Waals surface area contributed by atoms with Crippen molar-refractivity contribution in [2.24, 2.45) is 23.7 Å². The fraction of sp³-hybridized carbons (Fsp3) is 0.181. The van der Waals surface area contributed by atoms with Crippen molar-refractivity contribution in [3.8, 4) is 28.4 Å². The molecular formula is C72H58N4O. The molecule has 1 aliphatic heterocycles. The van der Waals surface area contributed by atoms with Crippen molar-refractivity contribution in [2.75, 3.05) is 16.5 Å². The maximum Gasteiger partial charge on any atom is 0.137 e. The lowest BCUT2D eigenvalue weighted by Crippen LogP contribution is -2.56. The topological polar surface area (TPSA) is 33.5 Å². The first kappa shape index (κ1) is 44.6. The molecular weight excluding hydrogens is 937 g/mol. The predicted molar refractivity (Wildman–Crippen MR) is 313 cm³/mol. The summed E-state index contributed by atoms with van der Waals surface area (Å²) in [5.41, 5.74) is 18.2.